The Morgan fingerprint density at radius 1 is 1.30 bits per heavy atom. The van der Waals surface area contributed by atoms with Crippen LogP contribution in [0.15, 0.2) is 5.51 Å². The molecule has 0 aliphatic carbocycles. The van der Waals surface area contributed by atoms with E-state index in [1.54, 1.807) is 5.51 Å². The maximum absolute atomic E-state index is 12.4. The maximum Gasteiger partial charge on any atom is 0.265 e. The molecule has 0 saturated carbocycles. The minimum atomic E-state index is 0. The number of nitrogens with zero attached hydrogens (tertiary/aromatic N) is 2. The van der Waals surface area contributed by atoms with Gasteiger partial charge in [0.05, 0.1) is 11.2 Å². The summed E-state index contributed by atoms with van der Waals surface area (Å²) in [5, 5.41) is 3.46. The van der Waals surface area contributed by atoms with Crippen LogP contribution < -0.4 is 5.32 Å². The molecule has 114 valence electrons. The zero-order valence-electron chi connectivity index (χ0n) is 11.5. The minimum Gasteiger partial charge on any atom is -0.338 e. The van der Waals surface area contributed by atoms with Gasteiger partial charge in [0.15, 0.2) is 0 Å². The van der Waals surface area contributed by atoms with E-state index in [2.05, 4.69) is 10.3 Å². The average Bonchev–Trinajstić information content (AvgIpc) is 2.94. The van der Waals surface area contributed by atoms with Crippen molar-refractivity contribution in [1.29, 1.82) is 0 Å². The van der Waals surface area contributed by atoms with Gasteiger partial charge < -0.3 is 10.2 Å². The number of hydrogen-bond donors (Lipinski definition) is 1. The van der Waals surface area contributed by atoms with Gasteiger partial charge in [-0.25, -0.2) is 4.98 Å². The topological polar surface area (TPSA) is 45.2 Å². The Hall–Kier alpha value is -0.360. The smallest absolute Gasteiger partial charge is 0.265 e. The Morgan fingerprint density at radius 3 is 2.40 bits per heavy atom. The molecule has 2 aliphatic heterocycles. The van der Waals surface area contributed by atoms with Gasteiger partial charge in [0, 0.05) is 13.1 Å². The highest BCUT2D eigenvalue weighted by molar-refractivity contribution is 7.11. The van der Waals surface area contributed by atoms with Crippen molar-refractivity contribution in [1.82, 2.24) is 15.2 Å². The molecular weight excluding hydrogens is 317 g/mol. The van der Waals surface area contributed by atoms with Crippen LogP contribution >= 0.6 is 36.2 Å². The first-order chi connectivity index (χ1) is 8.75. The second-order valence-corrected chi connectivity index (χ2v) is 6.17. The number of rotatable bonds is 1. The second kappa shape index (κ2) is 7.59. The normalized spacial score (nSPS) is 25.1. The van der Waals surface area contributed by atoms with Gasteiger partial charge in [-0.1, -0.05) is 0 Å². The SMILES string of the molecule is Cc1ncsc1C(=O)N1CC[C@@H]2CNC[C@@H]2CC1.Cl.Cl. The number of amides is 1. The molecule has 0 bridgehead atoms. The molecule has 0 aromatic carbocycles. The molecule has 20 heavy (non-hydrogen) atoms. The average molecular weight is 338 g/mol. The summed E-state index contributed by atoms with van der Waals surface area (Å²) in [6, 6.07) is 0. The Bertz CT molecular complexity index is 441. The first kappa shape index (κ1) is 17.7. The fraction of sp³-hybridized carbons (Fsp3) is 0.692. The van der Waals surface area contributed by atoms with Gasteiger partial charge in [-0.3, -0.25) is 4.79 Å². The molecule has 1 aromatic heterocycles. The Morgan fingerprint density at radius 2 is 1.90 bits per heavy atom. The quantitative estimate of drug-likeness (QED) is 0.855. The first-order valence-electron chi connectivity index (χ1n) is 6.66. The monoisotopic (exact) mass is 337 g/mol. The molecule has 3 heterocycles. The summed E-state index contributed by atoms with van der Waals surface area (Å²) < 4.78 is 0. The van der Waals surface area contributed by atoms with Crippen LogP contribution in [-0.4, -0.2) is 42.0 Å². The van der Waals surface area contributed by atoms with Gasteiger partial charge in [0.2, 0.25) is 0 Å². The van der Waals surface area contributed by atoms with E-state index in [-0.39, 0.29) is 30.7 Å². The Balaban J connectivity index is 0.000001000. The Labute approximate surface area is 136 Å². The van der Waals surface area contributed by atoms with Gasteiger partial charge in [0.1, 0.15) is 4.88 Å². The standard InChI is InChI=1S/C13H19N3OS.2ClH/c1-9-12(18-8-15-9)13(17)16-4-2-10-6-14-7-11(10)3-5-16;;/h8,10-11,14H,2-7H2,1H3;2*1H/t10-,11+;;. The summed E-state index contributed by atoms with van der Waals surface area (Å²) in [4.78, 5) is 19.5. The van der Waals surface area contributed by atoms with Crippen molar-refractivity contribution >= 4 is 42.1 Å². The number of thiazole rings is 1. The van der Waals surface area contributed by atoms with E-state index in [0.29, 0.717) is 0 Å². The van der Waals surface area contributed by atoms with Crippen molar-refractivity contribution in [3.8, 4) is 0 Å². The molecule has 0 radical (unpaired) electrons. The van der Waals surface area contributed by atoms with Crippen LogP contribution in [0.2, 0.25) is 0 Å². The highest BCUT2D eigenvalue weighted by atomic mass is 35.5. The summed E-state index contributed by atoms with van der Waals surface area (Å²) in [6.07, 6.45) is 2.28. The molecule has 0 unspecified atom stereocenters. The van der Waals surface area contributed by atoms with Crippen molar-refractivity contribution in [2.45, 2.75) is 19.8 Å². The van der Waals surface area contributed by atoms with E-state index in [1.165, 1.54) is 11.3 Å². The lowest BCUT2D eigenvalue weighted by Crippen LogP contribution is -2.32. The summed E-state index contributed by atoms with van der Waals surface area (Å²) in [5.41, 5.74) is 2.63. The van der Waals surface area contributed by atoms with E-state index in [1.807, 2.05) is 11.8 Å². The van der Waals surface area contributed by atoms with Crippen molar-refractivity contribution in [2.24, 2.45) is 11.8 Å². The fourth-order valence-corrected chi connectivity index (χ4v) is 3.84. The van der Waals surface area contributed by atoms with Gasteiger partial charge in [-0.2, -0.15) is 0 Å². The maximum atomic E-state index is 12.4. The van der Waals surface area contributed by atoms with Crippen LogP contribution in [-0.2, 0) is 0 Å². The fourth-order valence-electron chi connectivity index (χ4n) is 3.07. The number of likely N-dealkylation sites (tertiary alicyclic amines) is 1. The lowest BCUT2D eigenvalue weighted by atomic mass is 9.92. The van der Waals surface area contributed by atoms with Gasteiger partial charge in [0.25, 0.3) is 5.91 Å². The van der Waals surface area contributed by atoms with Crippen LogP contribution in [0.4, 0.5) is 0 Å². The van der Waals surface area contributed by atoms with Crippen LogP contribution in [0.3, 0.4) is 0 Å². The zero-order chi connectivity index (χ0) is 12.5. The van der Waals surface area contributed by atoms with Crippen molar-refractivity contribution in [3.63, 3.8) is 0 Å². The molecule has 2 atom stereocenters. The van der Waals surface area contributed by atoms with E-state index in [9.17, 15) is 4.79 Å². The van der Waals surface area contributed by atoms with Gasteiger partial charge >= 0.3 is 0 Å². The number of aromatic nitrogens is 1. The van der Waals surface area contributed by atoms with Crippen LogP contribution in [0.5, 0.6) is 0 Å². The lowest BCUT2D eigenvalue weighted by molar-refractivity contribution is 0.0762. The van der Waals surface area contributed by atoms with Crippen molar-refractivity contribution < 1.29 is 4.79 Å². The second-order valence-electron chi connectivity index (χ2n) is 5.31. The van der Waals surface area contributed by atoms with E-state index < -0.39 is 0 Å². The number of nitrogens with one attached hydrogen (secondary N) is 1. The first-order valence-corrected chi connectivity index (χ1v) is 7.53. The van der Waals surface area contributed by atoms with E-state index in [4.69, 9.17) is 0 Å². The van der Waals surface area contributed by atoms with Crippen LogP contribution in [0, 0.1) is 18.8 Å². The number of carbonyl (C=O) groups excluding carboxylic acids is 1. The number of carbonyl (C=O) groups is 1. The number of hydrogen-bond acceptors (Lipinski definition) is 4. The van der Waals surface area contributed by atoms with E-state index in [0.717, 1.165) is 61.4 Å². The molecule has 2 aliphatic rings. The van der Waals surface area contributed by atoms with Crippen LogP contribution in [0.25, 0.3) is 0 Å². The molecule has 3 rings (SSSR count). The third-order valence-corrected chi connectivity index (χ3v) is 5.16. The molecule has 1 aromatic rings. The highest BCUT2D eigenvalue weighted by Gasteiger charge is 2.32. The molecule has 1 amide bonds. The zero-order valence-corrected chi connectivity index (χ0v) is 14.0. The highest BCUT2D eigenvalue weighted by Crippen LogP contribution is 2.28. The van der Waals surface area contributed by atoms with Crippen LogP contribution in [0.1, 0.15) is 28.2 Å². The van der Waals surface area contributed by atoms with Gasteiger partial charge in [-0.05, 0) is 44.7 Å². The van der Waals surface area contributed by atoms with Crippen molar-refractivity contribution in [2.75, 3.05) is 26.2 Å². The number of aryl methyl sites for hydroxylation is 1. The molecule has 0 spiro atoms. The number of fused-ring (bicyclic) bond motifs is 1. The summed E-state index contributed by atoms with van der Waals surface area (Å²) in [6.45, 7) is 5.98. The molecule has 2 fully saturated rings. The summed E-state index contributed by atoms with van der Waals surface area (Å²) in [5.74, 6) is 1.72. The van der Waals surface area contributed by atoms with E-state index >= 15 is 0 Å². The van der Waals surface area contributed by atoms with Crippen molar-refractivity contribution in [3.05, 3.63) is 16.1 Å². The molecule has 2 saturated heterocycles. The number of halogens is 2. The summed E-state index contributed by atoms with van der Waals surface area (Å²) in [7, 11) is 0. The predicted molar refractivity (Wildman–Crippen MR) is 86.3 cm³/mol. The third-order valence-electron chi connectivity index (χ3n) is 4.25. The lowest BCUT2D eigenvalue weighted by Gasteiger charge is -2.20. The molecule has 4 nitrogen and oxygen atoms in total. The summed E-state index contributed by atoms with van der Waals surface area (Å²) >= 11 is 1.46. The van der Waals surface area contributed by atoms with Gasteiger partial charge in [-0.15, -0.1) is 36.2 Å². The molecule has 7 heteroatoms. The minimum absolute atomic E-state index is 0. The third kappa shape index (κ3) is 3.45. The molecule has 1 N–H and O–H groups in total. The Kier molecular flexibility index (Phi) is 6.72. The largest absolute Gasteiger partial charge is 0.338 e. The predicted octanol–water partition coefficient (Wildman–Crippen LogP) is 2.37. The molecular formula is C13H21Cl2N3OS.